The van der Waals surface area contributed by atoms with Crippen LogP contribution in [0.4, 0.5) is 5.69 Å². The Morgan fingerprint density at radius 3 is 2.40 bits per heavy atom. The Balaban J connectivity index is 1.39. The molecule has 11 heteroatoms. The number of hydrogen-bond donors (Lipinski definition) is 2. The molecule has 2 amide bonds. The van der Waals surface area contributed by atoms with Crippen LogP contribution in [0.1, 0.15) is 62.4 Å². The number of piperidine rings is 1. The zero-order valence-electron chi connectivity index (χ0n) is 28.4. The number of aromatic nitrogens is 1. The molecular weight excluding hydrogens is 612 g/mol. The third kappa shape index (κ3) is 6.02. The molecule has 3 heterocycles. The number of hydrogen-bond acceptors (Lipinski definition) is 8. The second-order valence-corrected chi connectivity index (χ2v) is 13.4. The summed E-state index contributed by atoms with van der Waals surface area (Å²) in [4.78, 5) is 55.0. The van der Waals surface area contributed by atoms with Crippen LogP contribution < -0.4 is 35.8 Å². The van der Waals surface area contributed by atoms with Crippen molar-refractivity contribution in [1.82, 2.24) is 14.8 Å². The van der Waals surface area contributed by atoms with Crippen molar-refractivity contribution in [3.63, 3.8) is 0 Å². The number of anilines is 1. The number of carbonyl (C=O) groups excluding carboxylic acids is 2. The molecule has 4 unspecified atom stereocenters. The summed E-state index contributed by atoms with van der Waals surface area (Å²) in [5.74, 6) is 1.29. The van der Waals surface area contributed by atoms with Crippen molar-refractivity contribution in [3.8, 4) is 28.4 Å². The van der Waals surface area contributed by atoms with Gasteiger partial charge in [0.2, 0.25) is 23.0 Å². The molecule has 254 valence electrons. The van der Waals surface area contributed by atoms with E-state index >= 15 is 0 Å². The number of benzene rings is 1. The van der Waals surface area contributed by atoms with Crippen LogP contribution in [0, 0.1) is 11.8 Å². The SMILES string of the molecule is COc1cc2c(c(OC)c1OC)-c1ccc(NC(C(=O)N3CC4CC(C3)c3cccc(=O)n3C4)C(C)C)c(=O)cc1C(NC(C)=O)CC2. The van der Waals surface area contributed by atoms with E-state index in [1.54, 1.807) is 45.6 Å². The third-order valence-corrected chi connectivity index (χ3v) is 9.95. The molecule has 11 nitrogen and oxygen atoms in total. The molecule has 3 aliphatic rings. The highest BCUT2D eigenvalue weighted by atomic mass is 16.5. The molecule has 6 rings (SSSR count). The predicted octanol–water partition coefficient (Wildman–Crippen LogP) is 4.11. The van der Waals surface area contributed by atoms with Gasteiger partial charge in [-0.15, -0.1) is 0 Å². The van der Waals surface area contributed by atoms with E-state index in [9.17, 15) is 19.2 Å². The second kappa shape index (κ2) is 13.4. The first kappa shape index (κ1) is 33.1. The zero-order chi connectivity index (χ0) is 34.3. The first-order valence-electron chi connectivity index (χ1n) is 16.6. The number of amides is 2. The monoisotopic (exact) mass is 656 g/mol. The van der Waals surface area contributed by atoms with Crippen LogP contribution in [-0.4, -0.2) is 61.7 Å². The highest BCUT2D eigenvalue weighted by Crippen LogP contribution is 2.50. The quantitative estimate of drug-likeness (QED) is 0.371. The standard InChI is InChI=1S/C37H44N4O7/c1-20(2)34(37(45)40-17-22-14-24(19-40)29-8-7-9-32(44)41(29)18-22)39-28-13-11-25-26(16-30(28)43)27(38-21(3)42)12-10-23-15-31(46-4)35(47-5)36(48-6)33(23)25/h7-9,11,13,15-16,20,22,24,27,34H,10,12,14,17-19H2,1-6H3,(H,38,42)(H,39,43). The van der Waals surface area contributed by atoms with Crippen molar-refractivity contribution >= 4 is 17.5 Å². The fourth-order valence-corrected chi connectivity index (χ4v) is 7.78. The van der Waals surface area contributed by atoms with Crippen molar-refractivity contribution in [1.29, 1.82) is 0 Å². The predicted molar refractivity (Wildman–Crippen MR) is 183 cm³/mol. The molecule has 2 aromatic carbocycles. The summed E-state index contributed by atoms with van der Waals surface area (Å²) in [6.45, 7) is 7.06. The van der Waals surface area contributed by atoms with E-state index in [2.05, 4.69) is 10.6 Å². The van der Waals surface area contributed by atoms with Crippen LogP contribution in [-0.2, 0) is 22.6 Å². The number of carbonyl (C=O) groups is 2. The summed E-state index contributed by atoms with van der Waals surface area (Å²) in [6, 6.07) is 11.3. The zero-order valence-corrected chi connectivity index (χ0v) is 28.4. The Bertz CT molecular complexity index is 1870. The highest BCUT2D eigenvalue weighted by molar-refractivity contribution is 5.86. The summed E-state index contributed by atoms with van der Waals surface area (Å²) >= 11 is 0. The molecular formula is C37H44N4O7. The van der Waals surface area contributed by atoms with Crippen LogP contribution in [0.3, 0.4) is 0 Å². The normalized spacial score (nSPS) is 20.0. The molecule has 3 aromatic rings. The molecule has 2 bridgehead atoms. The Morgan fingerprint density at radius 1 is 0.938 bits per heavy atom. The fraction of sp³-hybridized carbons (Fsp3) is 0.459. The maximum absolute atomic E-state index is 14.2. The summed E-state index contributed by atoms with van der Waals surface area (Å²) in [5, 5.41) is 6.36. The first-order valence-corrected chi connectivity index (χ1v) is 16.6. The molecule has 2 aliphatic heterocycles. The molecule has 2 N–H and O–H groups in total. The van der Waals surface area contributed by atoms with E-state index in [0.717, 1.165) is 28.8 Å². The number of nitrogens with zero attached hydrogens (tertiary/aromatic N) is 2. The Labute approximate surface area is 280 Å². The number of nitrogens with one attached hydrogen (secondary N) is 2. The van der Waals surface area contributed by atoms with E-state index in [1.807, 2.05) is 41.5 Å². The van der Waals surface area contributed by atoms with Gasteiger partial charge in [0.25, 0.3) is 5.56 Å². The van der Waals surface area contributed by atoms with E-state index in [0.29, 0.717) is 55.3 Å². The van der Waals surface area contributed by atoms with Crippen molar-refractivity contribution < 1.29 is 23.8 Å². The number of likely N-dealkylation sites (tertiary alicyclic amines) is 1. The minimum absolute atomic E-state index is 0.000546. The van der Waals surface area contributed by atoms with Gasteiger partial charge in [0.15, 0.2) is 11.5 Å². The molecule has 4 atom stereocenters. The highest BCUT2D eigenvalue weighted by Gasteiger charge is 2.39. The molecule has 0 spiro atoms. The van der Waals surface area contributed by atoms with Gasteiger partial charge in [0, 0.05) is 49.8 Å². The van der Waals surface area contributed by atoms with Gasteiger partial charge in [-0.25, -0.2) is 0 Å². The maximum atomic E-state index is 14.2. The summed E-state index contributed by atoms with van der Waals surface area (Å²) in [7, 11) is 4.68. The number of aryl methyl sites for hydroxylation is 1. The van der Waals surface area contributed by atoms with Crippen LogP contribution in [0.15, 0.2) is 52.1 Å². The van der Waals surface area contributed by atoms with Gasteiger partial charge in [-0.3, -0.25) is 19.2 Å². The number of methoxy groups -OCH3 is 3. The summed E-state index contributed by atoms with van der Waals surface area (Å²) in [5.41, 5.74) is 4.02. The number of pyridine rings is 1. The van der Waals surface area contributed by atoms with E-state index < -0.39 is 12.1 Å². The summed E-state index contributed by atoms with van der Waals surface area (Å²) in [6.07, 6.45) is 2.08. The van der Waals surface area contributed by atoms with Gasteiger partial charge < -0.3 is 34.3 Å². The minimum atomic E-state index is -0.658. The van der Waals surface area contributed by atoms with Crippen molar-refractivity contribution in [2.24, 2.45) is 11.8 Å². The Morgan fingerprint density at radius 2 is 1.71 bits per heavy atom. The van der Waals surface area contributed by atoms with Gasteiger partial charge in [0.1, 0.15) is 6.04 Å². The average Bonchev–Trinajstić information content (AvgIpc) is 3.30. The Kier molecular flexibility index (Phi) is 9.22. The van der Waals surface area contributed by atoms with E-state index in [-0.39, 0.29) is 46.2 Å². The largest absolute Gasteiger partial charge is 0.493 e. The topological polar surface area (TPSA) is 128 Å². The molecule has 48 heavy (non-hydrogen) atoms. The number of ether oxygens (including phenoxy) is 3. The lowest BCUT2D eigenvalue weighted by molar-refractivity contribution is -0.135. The lowest BCUT2D eigenvalue weighted by Gasteiger charge is -2.44. The lowest BCUT2D eigenvalue weighted by atomic mass is 9.82. The van der Waals surface area contributed by atoms with Crippen molar-refractivity contribution in [3.05, 3.63) is 79.9 Å². The van der Waals surface area contributed by atoms with Gasteiger partial charge >= 0.3 is 0 Å². The molecule has 0 radical (unpaired) electrons. The summed E-state index contributed by atoms with van der Waals surface area (Å²) < 4.78 is 19.1. The Hall–Kier alpha value is -4.80. The molecule has 0 saturated carbocycles. The van der Waals surface area contributed by atoms with Gasteiger partial charge in [-0.05, 0) is 72.1 Å². The molecule has 1 saturated heterocycles. The smallest absolute Gasteiger partial charge is 0.250 e. The fourth-order valence-electron chi connectivity index (χ4n) is 7.78. The van der Waals surface area contributed by atoms with Crippen LogP contribution in [0.5, 0.6) is 17.2 Å². The lowest BCUT2D eigenvalue weighted by Crippen LogP contribution is -2.54. The van der Waals surface area contributed by atoms with E-state index in [4.69, 9.17) is 14.2 Å². The van der Waals surface area contributed by atoms with E-state index in [1.165, 1.54) is 6.92 Å². The van der Waals surface area contributed by atoms with Crippen LogP contribution in [0.2, 0.25) is 0 Å². The van der Waals surface area contributed by atoms with Crippen molar-refractivity contribution in [2.75, 3.05) is 39.7 Å². The first-order chi connectivity index (χ1) is 23.0. The average molecular weight is 657 g/mol. The van der Waals surface area contributed by atoms with Crippen molar-refractivity contribution in [2.45, 2.75) is 64.6 Å². The second-order valence-electron chi connectivity index (χ2n) is 13.4. The number of rotatable bonds is 8. The van der Waals surface area contributed by atoms with Crippen LogP contribution >= 0.6 is 0 Å². The molecule has 1 fully saturated rings. The van der Waals surface area contributed by atoms with Crippen LogP contribution in [0.25, 0.3) is 11.1 Å². The van der Waals surface area contributed by atoms with Gasteiger partial charge in [-0.1, -0.05) is 26.0 Å². The maximum Gasteiger partial charge on any atom is 0.250 e. The van der Waals surface area contributed by atoms with Gasteiger partial charge in [0.05, 0.1) is 33.1 Å². The minimum Gasteiger partial charge on any atom is -0.493 e. The third-order valence-electron chi connectivity index (χ3n) is 9.95. The van der Waals surface area contributed by atoms with Gasteiger partial charge in [-0.2, -0.15) is 0 Å². The molecule has 1 aromatic heterocycles. The number of fused-ring (bicyclic) bond motifs is 7. The molecule has 1 aliphatic carbocycles.